The molecule has 1 aliphatic heterocycles. The van der Waals surface area contributed by atoms with Crippen LogP contribution in [0.25, 0.3) is 0 Å². The summed E-state index contributed by atoms with van der Waals surface area (Å²) in [7, 11) is 0. The van der Waals surface area contributed by atoms with Gasteiger partial charge in [0.25, 0.3) is 0 Å². The molecule has 0 saturated carbocycles. The van der Waals surface area contributed by atoms with Crippen molar-refractivity contribution >= 4 is 23.5 Å². The molecule has 0 aliphatic carbocycles. The molecule has 2 aromatic rings. The van der Waals surface area contributed by atoms with E-state index in [1.807, 2.05) is 13.0 Å². The molecule has 0 radical (unpaired) electrons. The summed E-state index contributed by atoms with van der Waals surface area (Å²) in [5.41, 5.74) is 1.02. The van der Waals surface area contributed by atoms with E-state index >= 15 is 0 Å². The van der Waals surface area contributed by atoms with Crippen LogP contribution in [0.1, 0.15) is 25.0 Å². The van der Waals surface area contributed by atoms with Crippen molar-refractivity contribution in [2.75, 3.05) is 18.1 Å². The highest BCUT2D eigenvalue weighted by Gasteiger charge is 2.45. The fourth-order valence-electron chi connectivity index (χ4n) is 2.99. The van der Waals surface area contributed by atoms with Crippen LogP contribution in [0.4, 0.5) is 10.5 Å². The van der Waals surface area contributed by atoms with Crippen molar-refractivity contribution in [3.05, 3.63) is 53.6 Å². The second-order valence-electron chi connectivity index (χ2n) is 6.08. The van der Waals surface area contributed by atoms with Crippen LogP contribution in [0.15, 0.2) is 42.5 Å². The Morgan fingerprint density at radius 3 is 2.31 bits per heavy atom. The van der Waals surface area contributed by atoms with E-state index in [9.17, 15) is 19.6 Å². The summed E-state index contributed by atoms with van der Waals surface area (Å²) in [4.78, 5) is 39.5. The number of hydrogen-bond acceptors (Lipinski definition) is 6. The summed E-state index contributed by atoms with van der Waals surface area (Å²) in [5.74, 6) is -1.07. The minimum Gasteiger partial charge on any atom is -0.490 e. The molecule has 1 aliphatic rings. The van der Waals surface area contributed by atoms with E-state index in [-0.39, 0.29) is 12.2 Å². The molecule has 3 rings (SSSR count). The zero-order chi connectivity index (χ0) is 21.0. The van der Waals surface area contributed by atoms with Crippen LogP contribution in [-0.2, 0) is 16.1 Å². The third kappa shape index (κ3) is 3.75. The topological polar surface area (TPSA) is 99.9 Å². The zero-order valence-electron chi connectivity index (χ0n) is 16.0. The van der Waals surface area contributed by atoms with Crippen LogP contribution < -0.4 is 14.4 Å². The summed E-state index contributed by atoms with van der Waals surface area (Å²) in [6.07, 6.45) is 0. The summed E-state index contributed by atoms with van der Waals surface area (Å²) in [5, 5.41) is 9.22. The van der Waals surface area contributed by atoms with E-state index < -0.39 is 17.8 Å². The fraction of sp³-hybridized carbons (Fsp3) is 0.238. The van der Waals surface area contributed by atoms with Crippen molar-refractivity contribution in [1.29, 1.82) is 5.26 Å². The number of carbonyl (C=O) groups is 3. The molecule has 0 aromatic heterocycles. The average Bonchev–Trinajstić information content (AvgIpc) is 2.93. The van der Waals surface area contributed by atoms with Gasteiger partial charge in [-0.3, -0.25) is 14.5 Å². The van der Waals surface area contributed by atoms with Crippen molar-refractivity contribution in [2.45, 2.75) is 20.4 Å². The van der Waals surface area contributed by atoms with Gasteiger partial charge in [-0.15, -0.1) is 0 Å². The van der Waals surface area contributed by atoms with Crippen LogP contribution in [0, 0.1) is 11.3 Å². The van der Waals surface area contributed by atoms with Gasteiger partial charge in [-0.05, 0) is 37.6 Å². The van der Waals surface area contributed by atoms with Crippen LogP contribution in [0.5, 0.6) is 11.5 Å². The summed E-state index contributed by atoms with van der Waals surface area (Å²) < 4.78 is 11.0. The van der Waals surface area contributed by atoms with E-state index in [4.69, 9.17) is 9.47 Å². The molecular weight excluding hydrogens is 374 g/mol. The number of urea groups is 1. The summed E-state index contributed by atoms with van der Waals surface area (Å²) in [6.45, 7) is 4.24. The maximum atomic E-state index is 12.9. The van der Waals surface area contributed by atoms with E-state index in [1.165, 1.54) is 12.1 Å². The van der Waals surface area contributed by atoms with E-state index in [0.29, 0.717) is 35.8 Å². The number of nitrogens with zero attached hydrogens (tertiary/aromatic N) is 3. The first kappa shape index (κ1) is 19.9. The molecule has 0 unspecified atom stereocenters. The highest BCUT2D eigenvalue weighted by atomic mass is 16.5. The monoisotopic (exact) mass is 393 g/mol. The molecular formula is C21H19N3O5. The molecule has 8 heteroatoms. The van der Waals surface area contributed by atoms with Crippen LogP contribution in [0.3, 0.4) is 0 Å². The largest absolute Gasteiger partial charge is 0.490 e. The Labute approximate surface area is 167 Å². The van der Waals surface area contributed by atoms with Gasteiger partial charge < -0.3 is 9.47 Å². The van der Waals surface area contributed by atoms with Gasteiger partial charge >= 0.3 is 17.8 Å². The number of carbonyl (C=O) groups excluding carboxylic acids is 3. The molecule has 4 amide bonds. The third-order valence-electron chi connectivity index (χ3n) is 4.30. The van der Waals surface area contributed by atoms with Gasteiger partial charge in [-0.25, -0.2) is 9.69 Å². The smallest absolute Gasteiger partial charge is 0.339 e. The molecule has 29 heavy (non-hydrogen) atoms. The van der Waals surface area contributed by atoms with E-state index in [0.717, 1.165) is 9.80 Å². The fourth-order valence-corrected chi connectivity index (χ4v) is 2.99. The quantitative estimate of drug-likeness (QED) is 0.530. The normalized spacial score (nSPS) is 13.6. The average molecular weight is 393 g/mol. The van der Waals surface area contributed by atoms with Crippen molar-refractivity contribution < 1.29 is 23.9 Å². The van der Waals surface area contributed by atoms with Gasteiger partial charge in [0, 0.05) is 6.07 Å². The first-order chi connectivity index (χ1) is 14.0. The number of nitriles is 1. The Morgan fingerprint density at radius 2 is 1.62 bits per heavy atom. The van der Waals surface area contributed by atoms with Crippen molar-refractivity contribution in [3.63, 3.8) is 0 Å². The molecule has 0 bridgehead atoms. The number of imide groups is 2. The van der Waals surface area contributed by atoms with Crippen LogP contribution in [0.2, 0.25) is 0 Å². The number of ether oxygens (including phenoxy) is 2. The number of hydrogen-bond donors (Lipinski definition) is 0. The Bertz CT molecular complexity index is 1010. The van der Waals surface area contributed by atoms with Crippen molar-refractivity contribution in [3.8, 4) is 17.6 Å². The number of amides is 4. The second kappa shape index (κ2) is 8.44. The molecule has 148 valence electrons. The maximum absolute atomic E-state index is 12.9. The molecule has 1 fully saturated rings. The lowest BCUT2D eigenvalue weighted by Crippen LogP contribution is -2.33. The highest BCUT2D eigenvalue weighted by molar-refractivity contribution is 6.52. The lowest BCUT2D eigenvalue weighted by atomic mass is 10.1. The molecule has 0 atom stereocenters. The van der Waals surface area contributed by atoms with Crippen LogP contribution in [-0.4, -0.2) is 36.0 Å². The standard InChI is InChI=1S/C21H19N3O5/c1-3-28-17-10-9-16(11-18(17)29-4-2)24-20(26)19(25)23(21(24)27)13-15-8-6-5-7-14(15)12-22/h5-11H,3-4,13H2,1-2H3. The Morgan fingerprint density at radius 1 is 0.931 bits per heavy atom. The van der Waals surface area contributed by atoms with Crippen LogP contribution >= 0.6 is 0 Å². The molecule has 1 heterocycles. The second-order valence-corrected chi connectivity index (χ2v) is 6.08. The first-order valence-electron chi connectivity index (χ1n) is 9.09. The van der Waals surface area contributed by atoms with Gasteiger partial charge in [-0.1, -0.05) is 18.2 Å². The number of benzene rings is 2. The Hall–Kier alpha value is -3.86. The van der Waals surface area contributed by atoms with Gasteiger partial charge in [-0.2, -0.15) is 5.26 Å². The Kier molecular flexibility index (Phi) is 5.79. The summed E-state index contributed by atoms with van der Waals surface area (Å²) in [6, 6.07) is 12.4. The Balaban J connectivity index is 1.93. The lowest BCUT2D eigenvalue weighted by Gasteiger charge is -2.18. The number of rotatable bonds is 7. The van der Waals surface area contributed by atoms with Gasteiger partial charge in [0.1, 0.15) is 0 Å². The summed E-state index contributed by atoms with van der Waals surface area (Å²) >= 11 is 0. The third-order valence-corrected chi connectivity index (χ3v) is 4.30. The van der Waals surface area contributed by atoms with E-state index in [1.54, 1.807) is 37.3 Å². The maximum Gasteiger partial charge on any atom is 0.339 e. The minimum atomic E-state index is -0.962. The zero-order valence-corrected chi connectivity index (χ0v) is 16.0. The minimum absolute atomic E-state index is 0.168. The van der Waals surface area contributed by atoms with Crippen molar-refractivity contribution in [2.24, 2.45) is 0 Å². The predicted octanol–water partition coefficient (Wildman–Crippen LogP) is 2.85. The molecule has 8 nitrogen and oxygen atoms in total. The first-order valence-corrected chi connectivity index (χ1v) is 9.09. The van der Waals surface area contributed by atoms with E-state index in [2.05, 4.69) is 0 Å². The number of anilines is 1. The molecule has 2 aromatic carbocycles. The van der Waals surface area contributed by atoms with Gasteiger partial charge in [0.2, 0.25) is 0 Å². The molecule has 0 N–H and O–H groups in total. The van der Waals surface area contributed by atoms with Gasteiger partial charge in [0.05, 0.1) is 37.1 Å². The molecule has 0 spiro atoms. The SMILES string of the molecule is CCOc1ccc(N2C(=O)C(=O)N(Cc3ccccc3C#N)C2=O)cc1OCC. The van der Waals surface area contributed by atoms with Crippen molar-refractivity contribution in [1.82, 2.24) is 4.90 Å². The molecule has 1 saturated heterocycles. The highest BCUT2D eigenvalue weighted by Crippen LogP contribution is 2.34. The predicted molar refractivity (Wildman–Crippen MR) is 103 cm³/mol. The lowest BCUT2D eigenvalue weighted by molar-refractivity contribution is -0.139. The van der Waals surface area contributed by atoms with Gasteiger partial charge in [0.15, 0.2) is 11.5 Å².